The third-order valence-electron chi connectivity index (χ3n) is 3.27. The molecule has 2 N–H and O–H groups in total. The van der Waals surface area contributed by atoms with Crippen molar-refractivity contribution >= 4 is 5.91 Å². The molecule has 104 valence electrons. The molecule has 0 aliphatic heterocycles. The summed E-state index contributed by atoms with van der Waals surface area (Å²) in [5.74, 6) is 0.692. The maximum absolute atomic E-state index is 12.3. The summed E-state index contributed by atoms with van der Waals surface area (Å²) in [6.07, 6.45) is 2.70. The Hall–Kier alpha value is -1.80. The normalized spacial score (nSPS) is 13.6. The molecule has 0 aliphatic carbocycles. The number of rotatable bonds is 7. The number of carbonyl (C=O) groups is 1. The lowest BCUT2D eigenvalue weighted by Gasteiger charge is -2.26. The molecule has 0 fully saturated rings. The first-order chi connectivity index (χ1) is 9.10. The van der Waals surface area contributed by atoms with Crippen molar-refractivity contribution in [1.82, 2.24) is 4.90 Å². The van der Waals surface area contributed by atoms with Crippen molar-refractivity contribution in [1.29, 1.82) is 5.26 Å². The second-order valence-corrected chi connectivity index (χ2v) is 4.66. The zero-order valence-electron chi connectivity index (χ0n) is 11.5. The monoisotopic (exact) mass is 263 g/mol. The molecule has 1 heterocycles. The zero-order chi connectivity index (χ0) is 14.3. The molecule has 19 heavy (non-hydrogen) atoms. The highest BCUT2D eigenvalue weighted by atomic mass is 16.3. The Morgan fingerprint density at radius 3 is 2.89 bits per heavy atom. The summed E-state index contributed by atoms with van der Waals surface area (Å²) >= 11 is 0. The van der Waals surface area contributed by atoms with Gasteiger partial charge in [0.05, 0.1) is 31.3 Å². The molecule has 0 unspecified atom stereocenters. The van der Waals surface area contributed by atoms with Gasteiger partial charge in [0.25, 0.3) is 0 Å². The van der Waals surface area contributed by atoms with E-state index in [2.05, 4.69) is 0 Å². The topological polar surface area (TPSA) is 83.3 Å². The molecule has 5 heteroatoms. The van der Waals surface area contributed by atoms with Gasteiger partial charge in [-0.3, -0.25) is 4.79 Å². The van der Waals surface area contributed by atoms with Gasteiger partial charge in [-0.15, -0.1) is 0 Å². The number of hydrogen-bond donors (Lipinski definition) is 1. The van der Waals surface area contributed by atoms with Crippen LogP contribution in [0.3, 0.4) is 0 Å². The van der Waals surface area contributed by atoms with Crippen LogP contribution in [0.25, 0.3) is 0 Å². The Labute approximate surface area is 114 Å². The second kappa shape index (κ2) is 7.59. The molecule has 1 aromatic rings. The Bertz CT molecular complexity index is 422. The maximum Gasteiger partial charge on any atom is 0.240 e. The van der Waals surface area contributed by atoms with Gasteiger partial charge in [0.1, 0.15) is 5.76 Å². The van der Waals surface area contributed by atoms with Crippen LogP contribution < -0.4 is 5.73 Å². The van der Waals surface area contributed by atoms with Gasteiger partial charge in [-0.2, -0.15) is 5.26 Å². The van der Waals surface area contributed by atoms with Gasteiger partial charge in [0.2, 0.25) is 5.91 Å². The summed E-state index contributed by atoms with van der Waals surface area (Å²) < 4.78 is 5.24. The predicted molar refractivity (Wildman–Crippen MR) is 71.8 cm³/mol. The molecule has 2 atom stereocenters. The SMILES string of the molecule is CC[C@H](C)[C@H](N)C(=O)N(CCC#N)Cc1ccco1. The number of hydrogen-bond acceptors (Lipinski definition) is 4. The second-order valence-electron chi connectivity index (χ2n) is 4.66. The molecule has 0 radical (unpaired) electrons. The van der Waals surface area contributed by atoms with Crippen LogP contribution in [0.4, 0.5) is 0 Å². The average molecular weight is 263 g/mol. The van der Waals surface area contributed by atoms with Crippen LogP contribution in [0.5, 0.6) is 0 Å². The van der Waals surface area contributed by atoms with Crippen LogP contribution >= 0.6 is 0 Å². The van der Waals surface area contributed by atoms with Gasteiger partial charge in [0, 0.05) is 6.54 Å². The van der Waals surface area contributed by atoms with E-state index in [4.69, 9.17) is 15.4 Å². The smallest absolute Gasteiger partial charge is 0.240 e. The zero-order valence-corrected chi connectivity index (χ0v) is 11.5. The fourth-order valence-electron chi connectivity index (χ4n) is 1.75. The summed E-state index contributed by atoms with van der Waals surface area (Å²) in [7, 11) is 0. The summed E-state index contributed by atoms with van der Waals surface area (Å²) in [5, 5.41) is 8.67. The fraction of sp³-hybridized carbons (Fsp3) is 0.571. The molecular formula is C14H21N3O2. The van der Waals surface area contributed by atoms with Crippen LogP contribution in [0, 0.1) is 17.2 Å². The molecule has 5 nitrogen and oxygen atoms in total. The molecule has 1 amide bonds. The highest BCUT2D eigenvalue weighted by Gasteiger charge is 2.25. The molecule has 0 aromatic carbocycles. The standard InChI is InChI=1S/C14H21N3O2/c1-3-11(2)13(16)14(18)17(8-5-7-15)10-12-6-4-9-19-12/h4,6,9,11,13H,3,5,8,10,16H2,1-2H3/t11-,13-/m0/s1. The van der Waals surface area contributed by atoms with Gasteiger partial charge in [-0.05, 0) is 18.1 Å². The highest BCUT2D eigenvalue weighted by Crippen LogP contribution is 2.12. The molecule has 0 saturated carbocycles. The van der Waals surface area contributed by atoms with E-state index in [9.17, 15) is 4.79 Å². The van der Waals surface area contributed by atoms with E-state index >= 15 is 0 Å². The Morgan fingerprint density at radius 1 is 1.63 bits per heavy atom. The summed E-state index contributed by atoms with van der Waals surface area (Å²) in [6.45, 7) is 4.69. The summed E-state index contributed by atoms with van der Waals surface area (Å²) in [6, 6.07) is 5.10. The quantitative estimate of drug-likeness (QED) is 0.814. The molecule has 1 aromatic heterocycles. The Morgan fingerprint density at radius 2 is 2.37 bits per heavy atom. The number of nitrogens with zero attached hydrogens (tertiary/aromatic N) is 2. The first-order valence-corrected chi connectivity index (χ1v) is 6.53. The number of furan rings is 1. The third kappa shape index (κ3) is 4.42. The highest BCUT2D eigenvalue weighted by molar-refractivity contribution is 5.81. The Kier molecular flexibility index (Phi) is 6.10. The van der Waals surface area contributed by atoms with Gasteiger partial charge < -0.3 is 15.1 Å². The third-order valence-corrected chi connectivity index (χ3v) is 3.27. The van der Waals surface area contributed by atoms with E-state index < -0.39 is 6.04 Å². The first-order valence-electron chi connectivity index (χ1n) is 6.53. The molecule has 1 rings (SSSR count). The van der Waals surface area contributed by atoms with Crippen LogP contribution in [-0.2, 0) is 11.3 Å². The number of amides is 1. The van der Waals surface area contributed by atoms with E-state index in [1.165, 1.54) is 0 Å². The number of carbonyl (C=O) groups excluding carboxylic acids is 1. The minimum atomic E-state index is -0.529. The van der Waals surface area contributed by atoms with Crippen molar-refractivity contribution in [3.8, 4) is 6.07 Å². The predicted octanol–water partition coefficient (Wildman–Crippen LogP) is 1.90. The molecule has 0 aliphatic rings. The lowest BCUT2D eigenvalue weighted by molar-refractivity contribution is -0.134. The Balaban J connectivity index is 2.72. The van der Waals surface area contributed by atoms with E-state index in [0.29, 0.717) is 25.3 Å². The maximum atomic E-state index is 12.3. The van der Waals surface area contributed by atoms with Crippen molar-refractivity contribution in [3.05, 3.63) is 24.2 Å². The summed E-state index contributed by atoms with van der Waals surface area (Å²) in [4.78, 5) is 13.9. The number of nitrogens with two attached hydrogens (primary N) is 1. The first kappa shape index (κ1) is 15.3. The van der Waals surface area contributed by atoms with Gasteiger partial charge in [0.15, 0.2) is 0 Å². The van der Waals surface area contributed by atoms with E-state index in [1.54, 1.807) is 23.3 Å². The van der Waals surface area contributed by atoms with Crippen molar-refractivity contribution in [2.75, 3.05) is 6.54 Å². The molecule has 0 spiro atoms. The number of nitriles is 1. The molecule has 0 saturated heterocycles. The minimum Gasteiger partial charge on any atom is -0.467 e. The van der Waals surface area contributed by atoms with Crippen LogP contribution in [0.2, 0.25) is 0 Å². The van der Waals surface area contributed by atoms with Crippen molar-refractivity contribution < 1.29 is 9.21 Å². The van der Waals surface area contributed by atoms with Crippen LogP contribution in [0.15, 0.2) is 22.8 Å². The average Bonchev–Trinajstić information content (AvgIpc) is 2.93. The molecular weight excluding hydrogens is 242 g/mol. The molecule has 0 bridgehead atoms. The van der Waals surface area contributed by atoms with Crippen LogP contribution in [0.1, 0.15) is 32.4 Å². The minimum absolute atomic E-state index is 0.119. The largest absolute Gasteiger partial charge is 0.467 e. The summed E-state index contributed by atoms with van der Waals surface area (Å²) in [5.41, 5.74) is 5.97. The van der Waals surface area contributed by atoms with Crippen molar-refractivity contribution in [2.45, 2.75) is 39.3 Å². The lowest BCUT2D eigenvalue weighted by Crippen LogP contribution is -2.47. The lowest BCUT2D eigenvalue weighted by atomic mass is 9.99. The van der Waals surface area contributed by atoms with E-state index in [-0.39, 0.29) is 11.8 Å². The van der Waals surface area contributed by atoms with Gasteiger partial charge >= 0.3 is 0 Å². The van der Waals surface area contributed by atoms with Crippen LogP contribution in [-0.4, -0.2) is 23.4 Å². The fourth-order valence-corrected chi connectivity index (χ4v) is 1.75. The van der Waals surface area contributed by atoms with Gasteiger partial charge in [-0.1, -0.05) is 20.3 Å². The van der Waals surface area contributed by atoms with E-state index in [1.807, 2.05) is 19.9 Å². The van der Waals surface area contributed by atoms with E-state index in [0.717, 1.165) is 6.42 Å². The van der Waals surface area contributed by atoms with Gasteiger partial charge in [-0.25, -0.2) is 0 Å². The van der Waals surface area contributed by atoms with Crippen molar-refractivity contribution in [2.24, 2.45) is 11.7 Å². The van der Waals surface area contributed by atoms with Crippen molar-refractivity contribution in [3.63, 3.8) is 0 Å².